The normalized spacial score (nSPS) is 23.1. The van der Waals surface area contributed by atoms with Crippen LogP contribution in [0.1, 0.15) is 43.7 Å². The molecule has 1 aromatic carbocycles. The summed E-state index contributed by atoms with van der Waals surface area (Å²) >= 11 is 0. The molecule has 0 radical (unpaired) electrons. The Hall–Kier alpha value is -1.70. The predicted octanol–water partition coefficient (Wildman–Crippen LogP) is 4.53. The van der Waals surface area contributed by atoms with Crippen LogP contribution in [0.15, 0.2) is 18.2 Å². The number of halogens is 3. The van der Waals surface area contributed by atoms with E-state index in [0.29, 0.717) is 5.92 Å². The van der Waals surface area contributed by atoms with Gasteiger partial charge in [0.2, 0.25) is 0 Å². The summed E-state index contributed by atoms with van der Waals surface area (Å²) in [5.41, 5.74) is -0.878. The summed E-state index contributed by atoms with van der Waals surface area (Å²) in [5.74, 6) is 0.303. The van der Waals surface area contributed by atoms with Crippen LogP contribution in [0, 0.1) is 17.2 Å². The smallest absolute Gasteiger partial charge is 0.420 e. The maximum absolute atomic E-state index is 13.0. The number of nitriles is 1. The van der Waals surface area contributed by atoms with E-state index >= 15 is 0 Å². The van der Waals surface area contributed by atoms with Gasteiger partial charge in [-0.15, -0.1) is 0 Å². The maximum Gasteiger partial charge on any atom is 0.420 e. The van der Waals surface area contributed by atoms with Crippen LogP contribution >= 0.6 is 0 Å². The van der Waals surface area contributed by atoms with E-state index in [2.05, 4.69) is 6.92 Å². The molecule has 0 spiro atoms. The highest BCUT2D eigenvalue weighted by Crippen LogP contribution is 2.38. The van der Waals surface area contributed by atoms with E-state index in [1.54, 1.807) is 6.07 Å². The zero-order valence-corrected chi connectivity index (χ0v) is 11.2. The molecule has 1 saturated carbocycles. The second-order valence-corrected chi connectivity index (χ2v) is 5.33. The van der Waals surface area contributed by atoms with E-state index in [-0.39, 0.29) is 17.4 Å². The summed E-state index contributed by atoms with van der Waals surface area (Å²) in [6.07, 6.45) is -1.06. The van der Waals surface area contributed by atoms with Gasteiger partial charge < -0.3 is 4.74 Å². The van der Waals surface area contributed by atoms with E-state index in [4.69, 9.17) is 10.00 Å². The molecule has 0 aromatic heterocycles. The molecule has 0 bridgehead atoms. The molecule has 1 aliphatic carbocycles. The fourth-order valence-electron chi connectivity index (χ4n) is 2.59. The fraction of sp³-hybridized carbons (Fsp3) is 0.533. The number of benzene rings is 1. The SMILES string of the molecule is CC1CCCC(Oc2ccc(C#N)cc2C(F)(F)F)C1. The van der Waals surface area contributed by atoms with Gasteiger partial charge in [-0.05, 0) is 43.4 Å². The molecule has 108 valence electrons. The number of hydrogen-bond donors (Lipinski definition) is 0. The third-order valence-electron chi connectivity index (χ3n) is 3.60. The fourth-order valence-corrected chi connectivity index (χ4v) is 2.59. The second-order valence-electron chi connectivity index (χ2n) is 5.33. The lowest BCUT2D eigenvalue weighted by molar-refractivity contribution is -0.139. The first-order valence-corrected chi connectivity index (χ1v) is 6.68. The topological polar surface area (TPSA) is 33.0 Å². The average molecular weight is 283 g/mol. The standard InChI is InChI=1S/C15H16F3NO/c1-10-3-2-4-12(7-10)20-14-6-5-11(9-19)8-13(14)15(16,17)18/h5-6,8,10,12H,2-4,7H2,1H3. The molecule has 0 amide bonds. The number of ether oxygens (including phenoxy) is 1. The van der Waals surface area contributed by atoms with Crippen molar-refractivity contribution < 1.29 is 17.9 Å². The minimum absolute atomic E-state index is 0.0123. The zero-order chi connectivity index (χ0) is 14.8. The monoisotopic (exact) mass is 283 g/mol. The highest BCUT2D eigenvalue weighted by Gasteiger charge is 2.35. The van der Waals surface area contributed by atoms with Gasteiger partial charge in [0.15, 0.2) is 0 Å². The Morgan fingerprint density at radius 1 is 1.30 bits per heavy atom. The lowest BCUT2D eigenvalue weighted by atomic mass is 9.88. The molecule has 20 heavy (non-hydrogen) atoms. The molecule has 2 atom stereocenters. The van der Waals surface area contributed by atoms with Crippen molar-refractivity contribution >= 4 is 0 Å². The average Bonchev–Trinajstić information content (AvgIpc) is 2.38. The van der Waals surface area contributed by atoms with E-state index < -0.39 is 11.7 Å². The Kier molecular flexibility index (Phi) is 4.22. The quantitative estimate of drug-likeness (QED) is 0.798. The Morgan fingerprint density at radius 2 is 2.05 bits per heavy atom. The molecule has 2 nitrogen and oxygen atoms in total. The number of hydrogen-bond acceptors (Lipinski definition) is 2. The molecule has 1 aromatic rings. The predicted molar refractivity (Wildman–Crippen MR) is 68.2 cm³/mol. The van der Waals surface area contributed by atoms with Crippen molar-refractivity contribution in [2.45, 2.75) is 44.9 Å². The van der Waals surface area contributed by atoms with Crippen LogP contribution in [0.25, 0.3) is 0 Å². The van der Waals surface area contributed by atoms with Crippen LogP contribution in [-0.2, 0) is 6.18 Å². The Balaban J connectivity index is 2.25. The maximum atomic E-state index is 13.0. The van der Waals surface area contributed by atoms with Gasteiger partial charge in [0.05, 0.1) is 23.3 Å². The molecule has 0 saturated heterocycles. The largest absolute Gasteiger partial charge is 0.490 e. The van der Waals surface area contributed by atoms with Crippen molar-refractivity contribution in [1.82, 2.24) is 0 Å². The Bertz CT molecular complexity index is 519. The van der Waals surface area contributed by atoms with Gasteiger partial charge >= 0.3 is 6.18 Å². The lowest BCUT2D eigenvalue weighted by Crippen LogP contribution is -2.25. The van der Waals surface area contributed by atoms with Gasteiger partial charge in [0, 0.05) is 0 Å². The summed E-state index contributed by atoms with van der Waals surface area (Å²) in [6, 6.07) is 5.18. The molecule has 5 heteroatoms. The van der Waals surface area contributed by atoms with Crippen molar-refractivity contribution in [3.63, 3.8) is 0 Å². The summed E-state index contributed by atoms with van der Waals surface area (Å²) in [6.45, 7) is 2.08. The van der Waals surface area contributed by atoms with Crippen LogP contribution in [-0.4, -0.2) is 6.10 Å². The summed E-state index contributed by atoms with van der Waals surface area (Å²) < 4.78 is 44.6. The van der Waals surface area contributed by atoms with E-state index in [1.165, 1.54) is 12.1 Å². The lowest BCUT2D eigenvalue weighted by Gasteiger charge is -2.28. The van der Waals surface area contributed by atoms with E-state index in [0.717, 1.165) is 31.7 Å². The van der Waals surface area contributed by atoms with Crippen molar-refractivity contribution in [3.05, 3.63) is 29.3 Å². The molecule has 1 aliphatic rings. The molecular weight excluding hydrogens is 267 g/mol. The van der Waals surface area contributed by atoms with Gasteiger partial charge in [-0.1, -0.05) is 13.3 Å². The van der Waals surface area contributed by atoms with Crippen molar-refractivity contribution in [1.29, 1.82) is 5.26 Å². The minimum atomic E-state index is -4.51. The van der Waals surface area contributed by atoms with Crippen molar-refractivity contribution in [2.75, 3.05) is 0 Å². The molecule has 0 N–H and O–H groups in total. The molecule has 1 fully saturated rings. The van der Waals surface area contributed by atoms with E-state index in [1.807, 2.05) is 0 Å². The first-order valence-electron chi connectivity index (χ1n) is 6.68. The first kappa shape index (κ1) is 14.7. The summed E-state index contributed by atoms with van der Waals surface area (Å²) in [4.78, 5) is 0. The highest BCUT2D eigenvalue weighted by atomic mass is 19.4. The van der Waals surface area contributed by atoms with Crippen molar-refractivity contribution in [2.24, 2.45) is 5.92 Å². The molecular formula is C15H16F3NO. The molecule has 2 unspecified atom stereocenters. The van der Waals surface area contributed by atoms with Gasteiger partial charge in [-0.3, -0.25) is 0 Å². The highest BCUT2D eigenvalue weighted by molar-refractivity contribution is 5.43. The third kappa shape index (κ3) is 3.44. The number of alkyl halides is 3. The van der Waals surface area contributed by atoms with Crippen LogP contribution in [0.3, 0.4) is 0 Å². The summed E-state index contributed by atoms with van der Waals surface area (Å²) in [7, 11) is 0. The van der Waals surface area contributed by atoms with Crippen LogP contribution in [0.5, 0.6) is 5.75 Å². The number of rotatable bonds is 2. The van der Waals surface area contributed by atoms with Gasteiger partial charge in [-0.25, -0.2) is 0 Å². The van der Waals surface area contributed by atoms with Crippen LogP contribution in [0.4, 0.5) is 13.2 Å². The molecule has 0 heterocycles. The van der Waals surface area contributed by atoms with Crippen LogP contribution < -0.4 is 4.74 Å². The minimum Gasteiger partial charge on any atom is -0.490 e. The number of nitrogens with zero attached hydrogens (tertiary/aromatic N) is 1. The van der Waals surface area contributed by atoms with Gasteiger partial charge in [0.25, 0.3) is 0 Å². The molecule has 0 aliphatic heterocycles. The molecule has 2 rings (SSSR count). The second kappa shape index (κ2) is 5.74. The van der Waals surface area contributed by atoms with Crippen molar-refractivity contribution in [3.8, 4) is 11.8 Å². The van der Waals surface area contributed by atoms with E-state index in [9.17, 15) is 13.2 Å². The van der Waals surface area contributed by atoms with Gasteiger partial charge in [0.1, 0.15) is 5.75 Å². The Morgan fingerprint density at radius 3 is 2.65 bits per heavy atom. The van der Waals surface area contributed by atoms with Crippen LogP contribution in [0.2, 0.25) is 0 Å². The zero-order valence-electron chi connectivity index (χ0n) is 11.2. The summed E-state index contributed by atoms with van der Waals surface area (Å²) in [5, 5.41) is 8.72. The first-order chi connectivity index (χ1) is 9.40. The third-order valence-corrected chi connectivity index (χ3v) is 3.60. The Labute approximate surface area is 116 Å². The van der Waals surface area contributed by atoms with Gasteiger partial charge in [-0.2, -0.15) is 18.4 Å².